The third-order valence-electron chi connectivity index (χ3n) is 5.72. The molecule has 2 aliphatic rings. The Labute approximate surface area is 180 Å². The lowest BCUT2D eigenvalue weighted by Gasteiger charge is -2.36. The molecular weight excluding hydrogens is 380 g/mol. The maximum absolute atomic E-state index is 12.5. The Balaban J connectivity index is 1.32. The van der Waals surface area contributed by atoms with Gasteiger partial charge in [0.2, 0.25) is 0 Å². The molecule has 0 atom stereocenters. The van der Waals surface area contributed by atoms with Gasteiger partial charge in [-0.15, -0.1) is 0 Å². The Hall–Kier alpha value is -2.28. The van der Waals surface area contributed by atoms with Crippen LogP contribution >= 0.6 is 0 Å². The molecule has 7 nitrogen and oxygen atoms in total. The fraction of sp³-hybridized carbons (Fsp3) is 0.652. The summed E-state index contributed by atoms with van der Waals surface area (Å²) in [6, 6.07) is 10.6. The van der Waals surface area contributed by atoms with E-state index >= 15 is 0 Å². The quantitative estimate of drug-likeness (QED) is 0.819. The van der Waals surface area contributed by atoms with Gasteiger partial charge in [0.1, 0.15) is 5.60 Å². The number of piperazine rings is 1. The summed E-state index contributed by atoms with van der Waals surface area (Å²) in [6.07, 6.45) is 1.92. The van der Waals surface area contributed by atoms with E-state index in [0.717, 1.165) is 39.0 Å². The SMILES string of the molecule is CC(C)(C)OC(=O)N1CCN(C(=O)NCC2CCN(Cc3ccccc3)CC2)CC1. The Morgan fingerprint density at radius 2 is 1.57 bits per heavy atom. The van der Waals surface area contributed by atoms with Crippen LogP contribution < -0.4 is 5.32 Å². The molecule has 0 bridgehead atoms. The van der Waals surface area contributed by atoms with Crippen molar-refractivity contribution < 1.29 is 14.3 Å². The highest BCUT2D eigenvalue weighted by atomic mass is 16.6. The van der Waals surface area contributed by atoms with Crippen LogP contribution in [0.1, 0.15) is 39.2 Å². The van der Waals surface area contributed by atoms with Crippen LogP contribution in [0, 0.1) is 5.92 Å². The fourth-order valence-corrected chi connectivity index (χ4v) is 3.95. The predicted molar refractivity (Wildman–Crippen MR) is 117 cm³/mol. The molecule has 1 aromatic rings. The zero-order valence-electron chi connectivity index (χ0n) is 18.6. The van der Waals surface area contributed by atoms with Crippen molar-refractivity contribution in [3.63, 3.8) is 0 Å². The average Bonchev–Trinajstić information content (AvgIpc) is 2.73. The number of rotatable bonds is 4. The van der Waals surface area contributed by atoms with Crippen molar-refractivity contribution in [2.24, 2.45) is 5.92 Å². The second kappa shape index (κ2) is 10.2. The molecule has 0 spiro atoms. The minimum absolute atomic E-state index is 0.0226. The fourth-order valence-electron chi connectivity index (χ4n) is 3.95. The van der Waals surface area contributed by atoms with E-state index in [1.807, 2.05) is 20.8 Å². The number of benzene rings is 1. The molecule has 0 aliphatic carbocycles. The molecule has 1 aromatic carbocycles. The molecule has 7 heteroatoms. The number of urea groups is 1. The third kappa shape index (κ3) is 6.90. The lowest BCUT2D eigenvalue weighted by atomic mass is 9.96. The minimum atomic E-state index is -0.498. The summed E-state index contributed by atoms with van der Waals surface area (Å²) in [6.45, 7) is 11.6. The van der Waals surface area contributed by atoms with E-state index in [1.165, 1.54) is 5.56 Å². The number of hydrogen-bond acceptors (Lipinski definition) is 4. The molecular formula is C23H36N4O3. The van der Waals surface area contributed by atoms with Crippen molar-refractivity contribution in [3.05, 3.63) is 35.9 Å². The van der Waals surface area contributed by atoms with E-state index in [1.54, 1.807) is 9.80 Å². The van der Waals surface area contributed by atoms with Gasteiger partial charge in [-0.2, -0.15) is 0 Å². The Kier molecular flexibility index (Phi) is 7.58. The molecule has 0 unspecified atom stereocenters. The number of amides is 3. The van der Waals surface area contributed by atoms with Crippen LogP contribution in [0.3, 0.4) is 0 Å². The molecule has 2 fully saturated rings. The Morgan fingerprint density at radius 1 is 0.967 bits per heavy atom. The van der Waals surface area contributed by atoms with Crippen LogP contribution in [0.5, 0.6) is 0 Å². The molecule has 2 saturated heterocycles. The summed E-state index contributed by atoms with van der Waals surface area (Å²) in [7, 11) is 0. The molecule has 2 heterocycles. The van der Waals surface area contributed by atoms with Crippen LogP contribution in [-0.4, -0.2) is 78.2 Å². The van der Waals surface area contributed by atoms with E-state index in [4.69, 9.17) is 4.74 Å². The van der Waals surface area contributed by atoms with Crippen molar-refractivity contribution in [2.45, 2.75) is 45.8 Å². The number of likely N-dealkylation sites (tertiary alicyclic amines) is 1. The van der Waals surface area contributed by atoms with Crippen LogP contribution in [0.25, 0.3) is 0 Å². The second-order valence-corrected chi connectivity index (χ2v) is 9.35. The lowest BCUT2D eigenvalue weighted by molar-refractivity contribution is 0.0169. The molecule has 30 heavy (non-hydrogen) atoms. The van der Waals surface area contributed by atoms with Gasteiger partial charge in [-0.05, 0) is 58.2 Å². The first kappa shape index (κ1) is 22.4. The van der Waals surface area contributed by atoms with Crippen molar-refractivity contribution >= 4 is 12.1 Å². The maximum atomic E-state index is 12.5. The number of carbonyl (C=O) groups is 2. The van der Waals surface area contributed by atoms with Crippen LogP contribution in [0.4, 0.5) is 9.59 Å². The van der Waals surface area contributed by atoms with Gasteiger partial charge in [0.15, 0.2) is 0 Å². The number of nitrogens with one attached hydrogen (secondary N) is 1. The molecule has 3 amide bonds. The van der Waals surface area contributed by atoms with Crippen molar-refractivity contribution in [2.75, 3.05) is 45.8 Å². The summed E-state index contributed by atoms with van der Waals surface area (Å²) >= 11 is 0. The number of carbonyl (C=O) groups excluding carboxylic acids is 2. The smallest absolute Gasteiger partial charge is 0.410 e. The molecule has 0 radical (unpaired) electrons. The highest BCUT2D eigenvalue weighted by Gasteiger charge is 2.28. The van der Waals surface area contributed by atoms with Gasteiger partial charge in [0, 0.05) is 39.3 Å². The van der Waals surface area contributed by atoms with E-state index in [9.17, 15) is 9.59 Å². The number of ether oxygens (including phenoxy) is 1. The maximum Gasteiger partial charge on any atom is 0.410 e. The average molecular weight is 417 g/mol. The van der Waals surface area contributed by atoms with Gasteiger partial charge in [0.05, 0.1) is 0 Å². The van der Waals surface area contributed by atoms with Gasteiger partial charge in [0.25, 0.3) is 0 Å². The van der Waals surface area contributed by atoms with E-state index in [-0.39, 0.29) is 12.1 Å². The summed E-state index contributed by atoms with van der Waals surface area (Å²) in [5, 5.41) is 3.10. The highest BCUT2D eigenvalue weighted by molar-refractivity contribution is 5.75. The zero-order valence-corrected chi connectivity index (χ0v) is 18.6. The first-order valence-corrected chi connectivity index (χ1v) is 11.1. The van der Waals surface area contributed by atoms with E-state index in [2.05, 4.69) is 40.5 Å². The highest BCUT2D eigenvalue weighted by Crippen LogP contribution is 2.18. The van der Waals surface area contributed by atoms with Gasteiger partial charge in [-0.3, -0.25) is 4.90 Å². The molecule has 2 aliphatic heterocycles. The topological polar surface area (TPSA) is 65.1 Å². The van der Waals surface area contributed by atoms with Crippen LogP contribution in [0.15, 0.2) is 30.3 Å². The molecule has 166 valence electrons. The van der Waals surface area contributed by atoms with Gasteiger partial charge in [-0.1, -0.05) is 30.3 Å². The number of hydrogen-bond donors (Lipinski definition) is 1. The monoisotopic (exact) mass is 416 g/mol. The first-order chi connectivity index (χ1) is 14.3. The largest absolute Gasteiger partial charge is 0.444 e. The third-order valence-corrected chi connectivity index (χ3v) is 5.72. The zero-order chi connectivity index (χ0) is 21.6. The Bertz CT molecular complexity index is 688. The summed E-state index contributed by atoms with van der Waals surface area (Å²) in [4.78, 5) is 30.6. The van der Waals surface area contributed by atoms with E-state index < -0.39 is 5.60 Å². The molecule has 1 N–H and O–H groups in total. The molecule has 3 rings (SSSR count). The van der Waals surface area contributed by atoms with Gasteiger partial charge < -0.3 is 19.9 Å². The van der Waals surface area contributed by atoms with E-state index in [0.29, 0.717) is 32.1 Å². The summed E-state index contributed by atoms with van der Waals surface area (Å²) in [5.74, 6) is 0.532. The predicted octanol–water partition coefficient (Wildman–Crippen LogP) is 3.16. The van der Waals surface area contributed by atoms with Gasteiger partial charge in [-0.25, -0.2) is 9.59 Å². The number of piperidine rings is 1. The molecule has 0 saturated carbocycles. The van der Waals surface area contributed by atoms with Crippen LogP contribution in [-0.2, 0) is 11.3 Å². The first-order valence-electron chi connectivity index (χ1n) is 11.1. The summed E-state index contributed by atoms with van der Waals surface area (Å²) < 4.78 is 5.41. The van der Waals surface area contributed by atoms with Crippen molar-refractivity contribution in [1.29, 1.82) is 0 Å². The minimum Gasteiger partial charge on any atom is -0.444 e. The number of nitrogens with zero attached hydrogens (tertiary/aromatic N) is 3. The van der Waals surface area contributed by atoms with Crippen molar-refractivity contribution in [3.8, 4) is 0 Å². The standard InChI is InChI=1S/C23H36N4O3/c1-23(2,3)30-22(29)27-15-13-26(14-16-27)21(28)24-17-19-9-11-25(12-10-19)18-20-7-5-4-6-8-20/h4-8,19H,9-18H2,1-3H3,(H,24,28). The molecule has 0 aromatic heterocycles. The van der Waals surface area contributed by atoms with Crippen molar-refractivity contribution in [1.82, 2.24) is 20.0 Å². The lowest BCUT2D eigenvalue weighted by Crippen LogP contribution is -2.54. The van der Waals surface area contributed by atoms with Crippen LogP contribution in [0.2, 0.25) is 0 Å². The normalized spacial score (nSPS) is 18.9. The summed E-state index contributed by atoms with van der Waals surface area (Å²) in [5.41, 5.74) is 0.859. The van der Waals surface area contributed by atoms with Gasteiger partial charge >= 0.3 is 12.1 Å². The Morgan fingerprint density at radius 3 is 2.17 bits per heavy atom. The second-order valence-electron chi connectivity index (χ2n) is 9.35.